The second-order valence-electron chi connectivity index (χ2n) is 19.4. The highest BCUT2D eigenvalue weighted by molar-refractivity contribution is 8.77. The molecule has 1 aromatic rings. The van der Waals surface area contributed by atoms with Crippen molar-refractivity contribution in [3.63, 3.8) is 0 Å². The van der Waals surface area contributed by atoms with Crippen LogP contribution >= 0.6 is 56.8 Å². The van der Waals surface area contributed by atoms with Crippen molar-refractivity contribution in [1.29, 1.82) is 0 Å². The Morgan fingerprint density at radius 2 is 1.53 bits per heavy atom. The Kier molecular flexibility index (Phi) is 28.6. The van der Waals surface area contributed by atoms with Gasteiger partial charge in [-0.15, -0.1) is 17.7 Å². The molecule has 3 saturated heterocycles. The minimum absolute atomic E-state index is 0.00341. The van der Waals surface area contributed by atoms with Crippen LogP contribution in [0.2, 0.25) is 0 Å². The number of carbonyl (C=O) groups excluding carboxylic acids is 5. The van der Waals surface area contributed by atoms with E-state index in [1.165, 1.54) is 21.6 Å². The quantitative estimate of drug-likeness (QED) is 0.00997. The summed E-state index contributed by atoms with van der Waals surface area (Å²) in [5.74, 6) is 4.72. The Bertz CT molecular complexity index is 3000. The van der Waals surface area contributed by atoms with E-state index in [0.717, 1.165) is 16.5 Å². The normalized spacial score (nSPS) is 21.5. The monoisotopic (exact) mass is 1320 g/mol. The minimum atomic E-state index is -5.82. The molecule has 40 heteroatoms. The second-order valence-corrected chi connectivity index (χ2v) is 28.0. The Hall–Kier alpha value is -5.30. The molecule has 85 heavy (non-hydrogen) atoms. The van der Waals surface area contributed by atoms with Crippen molar-refractivity contribution in [2.75, 3.05) is 31.5 Å². The van der Waals surface area contributed by atoms with E-state index in [1.807, 2.05) is 24.1 Å². The fraction of sp³-hybridized carbons (Fsp3) is 0.644. The van der Waals surface area contributed by atoms with Gasteiger partial charge in [0.15, 0.2) is 0 Å². The number of aromatic nitrogens is 2. The van der Waals surface area contributed by atoms with Gasteiger partial charge in [-0.25, -0.2) is 28.1 Å². The molecule has 0 aliphatic carbocycles. The highest BCUT2D eigenvalue weighted by Crippen LogP contribution is 2.66. The first kappa shape index (κ1) is 72.2. The van der Waals surface area contributed by atoms with Gasteiger partial charge in [0, 0.05) is 48.9 Å². The molecule has 0 bridgehead atoms. The summed E-state index contributed by atoms with van der Waals surface area (Å²) >= 11 is 1.62. The molecule has 474 valence electrons. The lowest BCUT2D eigenvalue weighted by atomic mass is 10.0. The number of aromatic amines is 1. The number of hydrogen-bond acceptors (Lipinski definition) is 22. The number of rotatable bonds is 35. The van der Waals surface area contributed by atoms with E-state index in [9.17, 15) is 86.7 Å². The van der Waals surface area contributed by atoms with Crippen molar-refractivity contribution in [2.24, 2.45) is 0 Å². The molecule has 0 spiro atoms. The first-order valence-electron chi connectivity index (χ1n) is 25.6. The van der Waals surface area contributed by atoms with Crippen molar-refractivity contribution in [2.45, 2.75) is 150 Å². The number of aliphatic carboxylic acids is 3. The lowest BCUT2D eigenvalue weighted by Gasteiger charge is -2.26. The number of phosphoric acid groups is 3. The summed E-state index contributed by atoms with van der Waals surface area (Å²) in [4.78, 5) is 161. The van der Waals surface area contributed by atoms with Crippen molar-refractivity contribution < 1.29 is 115 Å². The largest absolute Gasteiger partial charge is 0.490 e. The van der Waals surface area contributed by atoms with E-state index in [0.29, 0.717) is 32.1 Å². The van der Waals surface area contributed by atoms with Gasteiger partial charge in [-0.1, -0.05) is 45.8 Å². The smallest absolute Gasteiger partial charge is 0.481 e. The summed E-state index contributed by atoms with van der Waals surface area (Å²) in [6.07, 6.45) is -3.28. The number of nitrogens with zero attached hydrogens (tertiary/aromatic N) is 1. The predicted octanol–water partition coefficient (Wildman–Crippen LogP) is -0.702. The van der Waals surface area contributed by atoms with Gasteiger partial charge >= 0.3 is 53.1 Å². The number of fused-ring (bicyclic) bond motifs is 1. The van der Waals surface area contributed by atoms with E-state index in [4.69, 9.17) is 24.4 Å². The van der Waals surface area contributed by atoms with Crippen LogP contribution in [0.1, 0.15) is 103 Å². The Morgan fingerprint density at radius 3 is 2.20 bits per heavy atom. The van der Waals surface area contributed by atoms with Crippen molar-refractivity contribution >= 4 is 104 Å². The fourth-order valence-corrected chi connectivity index (χ4v) is 14.6. The van der Waals surface area contributed by atoms with Crippen LogP contribution in [0.25, 0.3) is 0 Å². The molecule has 0 aromatic carbocycles. The summed E-state index contributed by atoms with van der Waals surface area (Å²) in [5, 5.41) is 53.3. The molecular formula is C45H65N8O26P3S3. The highest BCUT2D eigenvalue weighted by atomic mass is 33.1. The first-order chi connectivity index (χ1) is 39.7. The number of phosphoric ester groups is 1. The van der Waals surface area contributed by atoms with E-state index in [-0.39, 0.29) is 80.1 Å². The van der Waals surface area contributed by atoms with Crippen molar-refractivity contribution in [3.8, 4) is 23.7 Å². The van der Waals surface area contributed by atoms with Gasteiger partial charge in [-0.05, 0) is 46.0 Å². The van der Waals surface area contributed by atoms with Crippen LogP contribution in [0.15, 0.2) is 15.8 Å². The Labute approximate surface area is 495 Å². The standard InChI is InChI=1S/C45H65N8O26P3S3/c1-45(2,85-84-24-75-17-9-10-25-21-53(44(67)52-39(25)61)35-20-30(54)31(77-35)22-76-81(71,72)79-82(73,74)78-80(68,69)70)15-14-26(47-33(55)12-6-3-5-11-32-38-29(23-83-32)50-43(66)51-38)40(62)46-16-8-4-7-13-34(56)48-27(18-36(57)58)41(63)49-28(42(64)65)19-37(59)60/h21,26-32,35,38,54H,3-4,6-8,12-20,22-24H2,1-2H3,(H,46,62)(H,47,55)(H,48,56)(H,49,63)(H,57,58)(H,59,60)(H,64,65)(H,71,72)(H,73,74)(H2,50,51,66)(H,52,61,67)(H2,68,69,70)/t26?,27?,28?,29-,30?,31?,32-,35?,38-/m0/s1. The number of hydrogen-bond donors (Lipinski definition) is 15. The Morgan fingerprint density at radius 1 is 0.859 bits per heavy atom. The zero-order valence-electron chi connectivity index (χ0n) is 45.2. The van der Waals surface area contributed by atoms with Crippen LogP contribution in [0.3, 0.4) is 0 Å². The lowest BCUT2D eigenvalue weighted by Crippen LogP contribution is -2.52. The van der Waals surface area contributed by atoms with Gasteiger partial charge in [-0.3, -0.25) is 47.6 Å². The number of urea groups is 1. The molecule has 6 amide bonds. The van der Waals surface area contributed by atoms with E-state index in [1.54, 1.807) is 11.8 Å². The van der Waals surface area contributed by atoms with Crippen LogP contribution in [0, 0.1) is 23.7 Å². The number of carbonyl (C=O) groups is 8. The fourth-order valence-electron chi connectivity index (χ4n) is 7.96. The number of unbranched alkanes of at least 4 members (excludes halogenated alkanes) is 3. The molecule has 1 aromatic heterocycles. The summed E-state index contributed by atoms with van der Waals surface area (Å²) in [6.45, 7) is 2.74. The molecule has 3 aliphatic heterocycles. The lowest BCUT2D eigenvalue weighted by molar-refractivity contribution is -0.148. The molecule has 15 N–H and O–H groups in total. The van der Waals surface area contributed by atoms with Gasteiger partial charge in [-0.2, -0.15) is 8.62 Å². The minimum Gasteiger partial charge on any atom is -0.481 e. The van der Waals surface area contributed by atoms with Crippen LogP contribution < -0.4 is 43.1 Å². The molecular weight excluding hydrogens is 1260 g/mol. The third kappa shape index (κ3) is 26.7. The number of carboxylic acid groups (broad SMARTS) is 3. The number of nitrogens with one attached hydrogen (secondary N) is 7. The number of ether oxygens (including phenoxy) is 2. The van der Waals surface area contributed by atoms with Crippen LogP contribution in [0.4, 0.5) is 4.79 Å². The molecule has 3 aliphatic rings. The highest BCUT2D eigenvalue weighted by Gasteiger charge is 2.44. The zero-order chi connectivity index (χ0) is 63.3. The topological polar surface area (TPSA) is 523 Å². The second kappa shape index (κ2) is 33.7. The average molecular weight is 1320 g/mol. The van der Waals surface area contributed by atoms with Gasteiger partial charge in [0.1, 0.15) is 48.6 Å². The summed E-state index contributed by atoms with van der Waals surface area (Å²) < 4.78 is 57.9. The SMILES string of the molecule is CC(C)(CCC(NC(=O)CCCC#C[C@@H]1SC[C@@H]2NC(=O)N[C@@H]21)C(=O)NCCCCCC(=O)NC(CC(=O)O)C(=O)NC(CC(=O)O)C(=O)O)SSCOCC#Cc1cn(C2CC(O)C(COP(=O)(O)OP(=O)(O)OP(=O)(O)O)O2)c(=O)[nH]c1=O. The molecule has 4 rings (SSSR count). The maximum atomic E-state index is 13.6. The maximum absolute atomic E-state index is 13.6. The van der Waals surface area contributed by atoms with Gasteiger partial charge in [0.05, 0.1) is 42.9 Å². The Balaban J connectivity index is 1.26. The summed E-state index contributed by atoms with van der Waals surface area (Å²) in [6, 6.07) is -4.90. The number of thioether (sulfide) groups is 1. The molecule has 34 nitrogen and oxygen atoms in total. The molecule has 4 heterocycles. The van der Waals surface area contributed by atoms with Crippen LogP contribution in [0.5, 0.6) is 0 Å². The number of aliphatic hydroxyl groups is 1. The van der Waals surface area contributed by atoms with Crippen molar-refractivity contribution in [1.82, 2.24) is 41.5 Å². The third-order valence-corrected chi connectivity index (χ3v) is 20.1. The molecule has 8 unspecified atom stereocenters. The molecule has 0 radical (unpaired) electrons. The number of carboxylic acids is 3. The van der Waals surface area contributed by atoms with Gasteiger partial charge in [0.2, 0.25) is 23.6 Å². The maximum Gasteiger partial charge on any atom is 0.490 e. The zero-order valence-corrected chi connectivity index (χ0v) is 50.4. The number of H-pyrrole nitrogens is 1. The average Bonchev–Trinajstić information content (AvgIpc) is 2.65. The first-order valence-corrected chi connectivity index (χ1v) is 33.5. The van der Waals surface area contributed by atoms with Crippen LogP contribution in [-0.4, -0.2) is 181 Å². The molecule has 0 saturated carbocycles. The third-order valence-electron chi connectivity index (χ3n) is 12.0. The summed E-state index contributed by atoms with van der Waals surface area (Å²) in [7, 11) is -14.3. The molecule has 11 atom stereocenters. The van der Waals surface area contributed by atoms with E-state index in [2.05, 4.69) is 63.4 Å². The van der Waals surface area contributed by atoms with E-state index < -0.39 is 137 Å². The summed E-state index contributed by atoms with van der Waals surface area (Å²) in [5.41, 5.74) is -2.11. The van der Waals surface area contributed by atoms with Gasteiger partial charge < -0.3 is 81.4 Å². The number of amides is 6. The van der Waals surface area contributed by atoms with E-state index >= 15 is 0 Å². The van der Waals surface area contributed by atoms with Crippen molar-refractivity contribution in [3.05, 3.63) is 32.6 Å². The van der Waals surface area contributed by atoms with Crippen LogP contribution in [-0.2, 0) is 69.9 Å². The number of aliphatic hydroxyl groups excluding tert-OH is 1. The molecule has 3 fully saturated rings. The predicted molar refractivity (Wildman–Crippen MR) is 298 cm³/mol. The van der Waals surface area contributed by atoms with Gasteiger partial charge in [0.25, 0.3) is 5.56 Å².